The number of benzene rings is 3. The SMILES string of the molecule is COc1ccc2cc(CN(Cc3ccc(F)cc3)C(=O)Nc3ccccc3OC)c(=O)[nH]c2c1. The normalized spacial score (nSPS) is 10.7. The smallest absolute Gasteiger partial charge is 0.322 e. The Bertz CT molecular complexity index is 1370. The van der Waals surface area contributed by atoms with Crippen molar-refractivity contribution in [3.8, 4) is 11.5 Å². The lowest BCUT2D eigenvalue weighted by Crippen LogP contribution is -2.35. The Hall–Kier alpha value is -4.33. The van der Waals surface area contributed by atoms with Gasteiger partial charge in [-0.1, -0.05) is 24.3 Å². The van der Waals surface area contributed by atoms with Crippen molar-refractivity contribution >= 4 is 22.6 Å². The zero-order valence-electron chi connectivity index (χ0n) is 18.8. The topological polar surface area (TPSA) is 83.7 Å². The molecule has 174 valence electrons. The molecule has 0 saturated heterocycles. The van der Waals surface area contributed by atoms with Gasteiger partial charge in [0, 0.05) is 18.2 Å². The number of aromatic nitrogens is 1. The Morgan fingerprint density at radius 1 is 0.971 bits per heavy atom. The molecule has 0 fully saturated rings. The van der Waals surface area contributed by atoms with Crippen LogP contribution in [0.1, 0.15) is 11.1 Å². The van der Waals surface area contributed by atoms with Gasteiger partial charge in [-0.3, -0.25) is 4.79 Å². The highest BCUT2D eigenvalue weighted by Crippen LogP contribution is 2.24. The van der Waals surface area contributed by atoms with Gasteiger partial charge >= 0.3 is 6.03 Å². The van der Waals surface area contributed by atoms with Crippen LogP contribution in [0.3, 0.4) is 0 Å². The summed E-state index contributed by atoms with van der Waals surface area (Å²) < 4.78 is 23.9. The van der Waals surface area contributed by atoms with Gasteiger partial charge in [-0.25, -0.2) is 9.18 Å². The number of ether oxygens (including phenoxy) is 2. The Balaban J connectivity index is 1.66. The van der Waals surface area contributed by atoms with E-state index in [1.807, 2.05) is 6.07 Å². The Labute approximate surface area is 195 Å². The summed E-state index contributed by atoms with van der Waals surface area (Å²) in [7, 11) is 3.08. The number of carbonyl (C=O) groups is 1. The summed E-state index contributed by atoms with van der Waals surface area (Å²) in [5, 5.41) is 3.65. The number of halogens is 1. The highest BCUT2D eigenvalue weighted by atomic mass is 19.1. The zero-order chi connectivity index (χ0) is 24.1. The van der Waals surface area contributed by atoms with E-state index in [0.29, 0.717) is 28.3 Å². The number of H-pyrrole nitrogens is 1. The number of nitrogens with zero attached hydrogens (tertiary/aromatic N) is 1. The van der Waals surface area contributed by atoms with Crippen LogP contribution >= 0.6 is 0 Å². The number of methoxy groups -OCH3 is 2. The second-order valence-corrected chi connectivity index (χ2v) is 7.69. The Morgan fingerprint density at radius 2 is 1.74 bits per heavy atom. The van der Waals surface area contributed by atoms with Crippen molar-refractivity contribution in [2.24, 2.45) is 0 Å². The van der Waals surface area contributed by atoms with Gasteiger partial charge in [0.2, 0.25) is 0 Å². The summed E-state index contributed by atoms with van der Waals surface area (Å²) >= 11 is 0. The molecule has 3 aromatic carbocycles. The van der Waals surface area contributed by atoms with E-state index in [1.165, 1.54) is 24.1 Å². The molecule has 7 nitrogen and oxygen atoms in total. The molecule has 0 atom stereocenters. The van der Waals surface area contributed by atoms with Gasteiger partial charge in [-0.15, -0.1) is 0 Å². The van der Waals surface area contributed by atoms with Crippen molar-refractivity contribution in [3.05, 3.63) is 100 Å². The third-order valence-electron chi connectivity index (χ3n) is 5.41. The number of hydrogen-bond donors (Lipinski definition) is 2. The third-order valence-corrected chi connectivity index (χ3v) is 5.41. The first-order valence-corrected chi connectivity index (χ1v) is 10.6. The number of nitrogens with one attached hydrogen (secondary N) is 2. The molecule has 34 heavy (non-hydrogen) atoms. The maximum Gasteiger partial charge on any atom is 0.322 e. The number of carbonyl (C=O) groups excluding carboxylic acids is 1. The molecule has 0 bridgehead atoms. The number of anilines is 1. The van der Waals surface area contributed by atoms with E-state index >= 15 is 0 Å². The highest BCUT2D eigenvalue weighted by Gasteiger charge is 2.18. The molecule has 0 aliphatic heterocycles. The molecule has 0 aliphatic carbocycles. The molecule has 0 radical (unpaired) electrons. The van der Waals surface area contributed by atoms with Crippen molar-refractivity contribution < 1.29 is 18.7 Å². The van der Waals surface area contributed by atoms with Crippen LogP contribution in [0.4, 0.5) is 14.9 Å². The maximum atomic E-state index is 13.4. The lowest BCUT2D eigenvalue weighted by atomic mass is 10.1. The molecule has 0 saturated carbocycles. The molecule has 1 aromatic heterocycles. The summed E-state index contributed by atoms with van der Waals surface area (Å²) in [6.45, 7) is 0.205. The van der Waals surface area contributed by atoms with Crippen molar-refractivity contribution in [2.45, 2.75) is 13.1 Å². The molecule has 1 heterocycles. The zero-order valence-corrected chi connectivity index (χ0v) is 18.8. The number of aromatic amines is 1. The van der Waals surface area contributed by atoms with Gasteiger partial charge in [0.15, 0.2) is 0 Å². The second-order valence-electron chi connectivity index (χ2n) is 7.69. The van der Waals surface area contributed by atoms with Crippen LogP contribution in [0.5, 0.6) is 11.5 Å². The van der Waals surface area contributed by atoms with E-state index < -0.39 is 6.03 Å². The standard InChI is InChI=1S/C26H24FN3O4/c1-33-21-12-9-18-13-19(25(31)28-23(18)14-21)16-30(15-17-7-10-20(27)11-8-17)26(32)29-22-5-3-4-6-24(22)34-2/h3-14H,15-16H2,1-2H3,(H,28,31)(H,29,32). The third kappa shape index (κ3) is 5.17. The van der Waals surface area contributed by atoms with Gasteiger partial charge in [0.25, 0.3) is 5.56 Å². The summed E-state index contributed by atoms with van der Waals surface area (Å²) in [5.74, 6) is 0.773. The van der Waals surface area contributed by atoms with Crippen LogP contribution in [0.15, 0.2) is 77.6 Å². The van der Waals surface area contributed by atoms with Gasteiger partial charge in [-0.05, 0) is 53.4 Å². The molecule has 0 spiro atoms. The van der Waals surface area contributed by atoms with Crippen molar-refractivity contribution in [1.29, 1.82) is 0 Å². The van der Waals surface area contributed by atoms with Crippen molar-refractivity contribution in [1.82, 2.24) is 9.88 Å². The van der Waals surface area contributed by atoms with Crippen LogP contribution in [-0.4, -0.2) is 30.1 Å². The first-order chi connectivity index (χ1) is 16.5. The maximum absolute atomic E-state index is 13.4. The number of hydrogen-bond acceptors (Lipinski definition) is 4. The molecular weight excluding hydrogens is 437 g/mol. The fraction of sp³-hybridized carbons (Fsp3) is 0.154. The quantitative estimate of drug-likeness (QED) is 0.409. The molecule has 4 aromatic rings. The number of fused-ring (bicyclic) bond motifs is 1. The molecule has 0 aliphatic rings. The summed E-state index contributed by atoms with van der Waals surface area (Å²) in [4.78, 5) is 30.4. The number of amides is 2. The van der Waals surface area contributed by atoms with Crippen LogP contribution < -0.4 is 20.3 Å². The summed E-state index contributed by atoms with van der Waals surface area (Å²) in [6, 6.07) is 19.6. The van der Waals surface area contributed by atoms with Crippen molar-refractivity contribution in [2.75, 3.05) is 19.5 Å². The van der Waals surface area contributed by atoms with Crippen LogP contribution in [0.2, 0.25) is 0 Å². The molecule has 8 heteroatoms. The number of urea groups is 1. The first-order valence-electron chi connectivity index (χ1n) is 10.6. The lowest BCUT2D eigenvalue weighted by Gasteiger charge is -2.24. The predicted molar refractivity (Wildman–Crippen MR) is 129 cm³/mol. The van der Waals surface area contributed by atoms with Crippen molar-refractivity contribution in [3.63, 3.8) is 0 Å². The Morgan fingerprint density at radius 3 is 2.47 bits per heavy atom. The summed E-state index contributed by atoms with van der Waals surface area (Å²) in [6.07, 6.45) is 0. The van der Waals surface area contributed by atoms with E-state index in [1.54, 1.807) is 61.7 Å². The van der Waals surface area contributed by atoms with Crippen LogP contribution in [-0.2, 0) is 13.1 Å². The summed E-state index contributed by atoms with van der Waals surface area (Å²) in [5.41, 5.74) is 1.96. The number of pyridine rings is 1. The number of para-hydroxylation sites is 2. The average molecular weight is 461 g/mol. The van der Waals surface area contributed by atoms with E-state index in [-0.39, 0.29) is 24.5 Å². The molecule has 2 N–H and O–H groups in total. The van der Waals surface area contributed by atoms with E-state index in [2.05, 4.69) is 10.3 Å². The predicted octanol–water partition coefficient (Wildman–Crippen LogP) is 4.92. The van der Waals surface area contributed by atoms with Gasteiger partial charge in [-0.2, -0.15) is 0 Å². The molecule has 2 amide bonds. The molecular formula is C26H24FN3O4. The Kier molecular flexibility index (Phi) is 6.77. The average Bonchev–Trinajstić information content (AvgIpc) is 2.85. The minimum atomic E-state index is -0.428. The fourth-order valence-corrected chi connectivity index (χ4v) is 3.63. The minimum absolute atomic E-state index is 0.0374. The lowest BCUT2D eigenvalue weighted by molar-refractivity contribution is 0.206. The van der Waals surface area contributed by atoms with Crippen LogP contribution in [0, 0.1) is 5.82 Å². The first kappa shape index (κ1) is 22.8. The van der Waals surface area contributed by atoms with E-state index in [0.717, 1.165) is 10.9 Å². The van der Waals surface area contributed by atoms with Gasteiger partial charge in [0.1, 0.15) is 17.3 Å². The monoisotopic (exact) mass is 461 g/mol. The van der Waals surface area contributed by atoms with E-state index in [9.17, 15) is 14.0 Å². The fourth-order valence-electron chi connectivity index (χ4n) is 3.63. The van der Waals surface area contributed by atoms with Crippen LogP contribution in [0.25, 0.3) is 10.9 Å². The molecule has 4 rings (SSSR count). The van der Waals surface area contributed by atoms with Gasteiger partial charge in [0.05, 0.1) is 32.0 Å². The van der Waals surface area contributed by atoms with E-state index in [4.69, 9.17) is 9.47 Å². The van der Waals surface area contributed by atoms with Gasteiger partial charge < -0.3 is 24.7 Å². The minimum Gasteiger partial charge on any atom is -0.497 e. The molecule has 0 unspecified atom stereocenters. The largest absolute Gasteiger partial charge is 0.497 e. The number of rotatable bonds is 7. The highest BCUT2D eigenvalue weighted by molar-refractivity contribution is 5.91. The second kappa shape index (κ2) is 10.1.